The molecule has 14 heavy (non-hydrogen) atoms. The van der Waals surface area contributed by atoms with E-state index in [1.165, 1.54) is 6.07 Å². The Bertz CT molecular complexity index is 349. The van der Waals surface area contributed by atoms with Gasteiger partial charge in [0.1, 0.15) is 23.3 Å². The Balaban J connectivity index is 0.00000169. The highest BCUT2D eigenvalue weighted by Crippen LogP contribution is 2.17. The Morgan fingerprint density at radius 2 is 1.79 bits per heavy atom. The van der Waals surface area contributed by atoms with E-state index < -0.39 is 23.2 Å². The van der Waals surface area contributed by atoms with Crippen LogP contribution in [0.15, 0.2) is 12.1 Å². The molecular weight excluding hydrogens is 210 g/mol. The molecule has 0 saturated carbocycles. The van der Waals surface area contributed by atoms with Crippen molar-refractivity contribution in [3.05, 3.63) is 34.9 Å². The van der Waals surface area contributed by atoms with Gasteiger partial charge in [-0.1, -0.05) is 0 Å². The van der Waals surface area contributed by atoms with Gasteiger partial charge in [0.25, 0.3) is 0 Å². The molecule has 2 N–H and O–H groups in total. The summed E-state index contributed by atoms with van der Waals surface area (Å²) >= 11 is 0. The van der Waals surface area contributed by atoms with E-state index in [1.807, 2.05) is 0 Å². The summed E-state index contributed by atoms with van der Waals surface area (Å²) in [6.07, 6.45) is 0. The van der Waals surface area contributed by atoms with Gasteiger partial charge in [-0.05, 0) is 24.6 Å². The summed E-state index contributed by atoms with van der Waals surface area (Å²) in [7, 11) is 0. The normalized spacial score (nSPS) is 11.4. The molecule has 0 amide bonds. The van der Waals surface area contributed by atoms with Crippen LogP contribution in [0.3, 0.4) is 0 Å². The minimum Gasteiger partial charge on any atom is -0.324 e. The van der Waals surface area contributed by atoms with Crippen LogP contribution in [0.4, 0.5) is 8.78 Å². The summed E-state index contributed by atoms with van der Waals surface area (Å²) in [5.41, 5.74) is 5.20. The summed E-state index contributed by atoms with van der Waals surface area (Å²) in [6, 6.07) is 3.14. The maximum absolute atomic E-state index is 13.0. The molecule has 1 aromatic rings. The first-order chi connectivity index (χ1) is 6.06. The highest BCUT2D eigenvalue weighted by atomic mass is 35.5. The van der Waals surface area contributed by atoms with E-state index in [1.54, 1.807) is 6.92 Å². The molecule has 0 radical (unpaired) electrons. The molecular formula is C9H9ClF2N2. The second-order valence-corrected chi connectivity index (χ2v) is 2.76. The van der Waals surface area contributed by atoms with Crippen LogP contribution in [0.5, 0.6) is 0 Å². The number of hydrogen-bond acceptors (Lipinski definition) is 2. The zero-order chi connectivity index (χ0) is 10.0. The fourth-order valence-corrected chi connectivity index (χ4v) is 0.962. The highest BCUT2D eigenvalue weighted by molar-refractivity contribution is 5.85. The number of halogens is 3. The molecule has 5 heteroatoms. The van der Waals surface area contributed by atoms with Crippen LogP contribution in [0.25, 0.3) is 0 Å². The molecule has 1 aromatic carbocycles. The monoisotopic (exact) mass is 218 g/mol. The van der Waals surface area contributed by atoms with Gasteiger partial charge in [-0.25, -0.2) is 8.78 Å². The predicted octanol–water partition coefficient (Wildman–Crippen LogP) is 2.28. The van der Waals surface area contributed by atoms with Crippen molar-refractivity contribution in [1.29, 1.82) is 5.26 Å². The second-order valence-electron chi connectivity index (χ2n) is 2.76. The molecule has 0 spiro atoms. The number of nitrogens with two attached hydrogens (primary N) is 1. The van der Waals surface area contributed by atoms with Gasteiger partial charge in [0.2, 0.25) is 0 Å². The van der Waals surface area contributed by atoms with Gasteiger partial charge >= 0.3 is 0 Å². The van der Waals surface area contributed by atoms with E-state index >= 15 is 0 Å². The van der Waals surface area contributed by atoms with Gasteiger partial charge in [-0.2, -0.15) is 5.26 Å². The van der Waals surface area contributed by atoms with E-state index in [2.05, 4.69) is 0 Å². The minimum atomic E-state index is -0.866. The molecule has 0 aromatic heterocycles. The van der Waals surface area contributed by atoms with Crippen LogP contribution in [0.2, 0.25) is 0 Å². The first kappa shape index (κ1) is 12.8. The lowest BCUT2D eigenvalue weighted by atomic mass is 10.1. The second kappa shape index (κ2) is 4.89. The van der Waals surface area contributed by atoms with Crippen molar-refractivity contribution in [2.45, 2.75) is 13.0 Å². The lowest BCUT2D eigenvalue weighted by Gasteiger charge is -2.06. The molecule has 0 aliphatic heterocycles. The molecule has 2 nitrogen and oxygen atoms in total. The van der Waals surface area contributed by atoms with Crippen LogP contribution in [-0.4, -0.2) is 0 Å². The fourth-order valence-electron chi connectivity index (χ4n) is 0.962. The maximum atomic E-state index is 13.0. The average Bonchev–Trinajstić information content (AvgIpc) is 2.03. The van der Waals surface area contributed by atoms with Crippen molar-refractivity contribution < 1.29 is 8.78 Å². The van der Waals surface area contributed by atoms with E-state index in [9.17, 15) is 8.78 Å². The molecule has 1 rings (SSSR count). The van der Waals surface area contributed by atoms with Gasteiger partial charge in [0, 0.05) is 6.04 Å². The van der Waals surface area contributed by atoms with Crippen molar-refractivity contribution in [2.24, 2.45) is 5.73 Å². The minimum absolute atomic E-state index is 0. The molecule has 0 saturated heterocycles. The van der Waals surface area contributed by atoms with Crippen LogP contribution < -0.4 is 5.73 Å². The molecule has 1 atom stereocenters. The molecule has 0 aliphatic carbocycles. The van der Waals surface area contributed by atoms with Crippen molar-refractivity contribution in [2.75, 3.05) is 0 Å². The van der Waals surface area contributed by atoms with Gasteiger partial charge in [-0.15, -0.1) is 12.4 Å². The summed E-state index contributed by atoms with van der Waals surface area (Å²) < 4.78 is 25.9. The smallest absolute Gasteiger partial charge is 0.144 e. The number of benzene rings is 1. The van der Waals surface area contributed by atoms with E-state index in [0.29, 0.717) is 5.56 Å². The number of nitriles is 1. The van der Waals surface area contributed by atoms with Crippen LogP contribution in [0, 0.1) is 23.0 Å². The van der Waals surface area contributed by atoms with Gasteiger partial charge in [0.05, 0.1) is 0 Å². The topological polar surface area (TPSA) is 49.8 Å². The third-order valence-electron chi connectivity index (χ3n) is 1.70. The van der Waals surface area contributed by atoms with Crippen LogP contribution in [-0.2, 0) is 0 Å². The predicted molar refractivity (Wildman–Crippen MR) is 50.9 cm³/mol. The number of rotatable bonds is 1. The number of hydrogen-bond donors (Lipinski definition) is 1. The van der Waals surface area contributed by atoms with Gasteiger partial charge < -0.3 is 5.73 Å². The Labute approximate surface area is 86.7 Å². The zero-order valence-electron chi connectivity index (χ0n) is 7.42. The van der Waals surface area contributed by atoms with Crippen molar-refractivity contribution in [3.8, 4) is 6.07 Å². The van der Waals surface area contributed by atoms with Gasteiger partial charge in [0.15, 0.2) is 0 Å². The maximum Gasteiger partial charge on any atom is 0.144 e. The van der Waals surface area contributed by atoms with E-state index in [4.69, 9.17) is 11.0 Å². The van der Waals surface area contributed by atoms with Crippen molar-refractivity contribution in [3.63, 3.8) is 0 Å². The van der Waals surface area contributed by atoms with Gasteiger partial charge in [-0.3, -0.25) is 0 Å². The standard InChI is InChI=1S/C9H8F2N2.ClH/c1-5(13)6-2-8(10)7(4-12)9(11)3-6;/h2-3,5H,13H2,1H3;1H/t5-;/m0./s1. The first-order valence-electron chi connectivity index (χ1n) is 3.71. The Kier molecular flexibility index (Phi) is 4.48. The molecule has 0 heterocycles. The van der Waals surface area contributed by atoms with Crippen molar-refractivity contribution >= 4 is 12.4 Å². The summed E-state index contributed by atoms with van der Waals surface area (Å²) in [6.45, 7) is 1.61. The lowest BCUT2D eigenvalue weighted by molar-refractivity contribution is 0.569. The molecule has 0 unspecified atom stereocenters. The molecule has 0 bridgehead atoms. The molecule has 76 valence electrons. The third-order valence-corrected chi connectivity index (χ3v) is 1.70. The van der Waals surface area contributed by atoms with Crippen LogP contribution in [0.1, 0.15) is 24.1 Å². The van der Waals surface area contributed by atoms with Crippen LogP contribution >= 0.6 is 12.4 Å². The van der Waals surface area contributed by atoms with Crippen molar-refractivity contribution in [1.82, 2.24) is 0 Å². The highest BCUT2D eigenvalue weighted by Gasteiger charge is 2.11. The fraction of sp³-hybridized carbons (Fsp3) is 0.222. The summed E-state index contributed by atoms with van der Waals surface area (Å²) in [5.74, 6) is -1.73. The average molecular weight is 219 g/mol. The van der Waals surface area contributed by atoms with E-state index in [0.717, 1.165) is 12.1 Å². The first-order valence-corrected chi connectivity index (χ1v) is 3.71. The zero-order valence-corrected chi connectivity index (χ0v) is 8.24. The molecule has 0 fully saturated rings. The number of nitrogens with zero attached hydrogens (tertiary/aromatic N) is 1. The lowest BCUT2D eigenvalue weighted by Crippen LogP contribution is -2.06. The van der Waals surface area contributed by atoms with E-state index in [-0.39, 0.29) is 12.4 Å². The molecule has 0 aliphatic rings. The largest absolute Gasteiger partial charge is 0.324 e. The third kappa shape index (κ3) is 2.41. The summed E-state index contributed by atoms with van der Waals surface area (Å²) in [5, 5.41) is 8.37. The SMILES string of the molecule is C[C@H](N)c1cc(F)c(C#N)c(F)c1.Cl. The Hall–Kier alpha value is -1.18. The Morgan fingerprint density at radius 1 is 1.36 bits per heavy atom. The Morgan fingerprint density at radius 3 is 2.07 bits per heavy atom. The summed E-state index contributed by atoms with van der Waals surface area (Å²) in [4.78, 5) is 0. The quantitative estimate of drug-likeness (QED) is 0.786.